The molecule has 0 radical (unpaired) electrons. The minimum Gasteiger partial charge on any atom is -0.497 e. The van der Waals surface area contributed by atoms with Gasteiger partial charge in [-0.3, -0.25) is 9.78 Å². The Morgan fingerprint density at radius 2 is 2.10 bits per heavy atom. The second-order valence-corrected chi connectivity index (χ2v) is 5.44. The van der Waals surface area contributed by atoms with Crippen molar-refractivity contribution in [3.63, 3.8) is 0 Å². The number of thioether (sulfide) groups is 1. The second-order valence-electron chi connectivity index (χ2n) is 4.59. The summed E-state index contributed by atoms with van der Waals surface area (Å²) in [6.07, 6.45) is 5.27. The topological polar surface area (TPSA) is 42.4 Å². The largest absolute Gasteiger partial charge is 0.497 e. The van der Waals surface area contributed by atoms with Crippen molar-refractivity contribution in [3.05, 3.63) is 47.8 Å². The highest BCUT2D eigenvalue weighted by molar-refractivity contribution is 7.98. The average molecular weight is 302 g/mol. The highest BCUT2D eigenvalue weighted by Crippen LogP contribution is 2.32. The monoisotopic (exact) mass is 302 g/mol. The summed E-state index contributed by atoms with van der Waals surface area (Å²) in [5, 5.41) is 0. The lowest BCUT2D eigenvalue weighted by Crippen LogP contribution is -2.27. The Bertz CT molecular complexity index is 658. The Morgan fingerprint density at radius 3 is 2.71 bits per heavy atom. The third kappa shape index (κ3) is 3.19. The molecule has 4 nitrogen and oxygen atoms in total. The van der Waals surface area contributed by atoms with Crippen LogP contribution >= 0.6 is 11.8 Å². The minimum absolute atomic E-state index is 0.0795. The van der Waals surface area contributed by atoms with E-state index in [0.29, 0.717) is 5.56 Å². The third-order valence-electron chi connectivity index (χ3n) is 3.32. The van der Waals surface area contributed by atoms with Gasteiger partial charge in [0.1, 0.15) is 5.75 Å². The Labute approximate surface area is 129 Å². The van der Waals surface area contributed by atoms with E-state index in [0.717, 1.165) is 21.9 Å². The van der Waals surface area contributed by atoms with E-state index in [4.69, 9.17) is 4.74 Å². The lowest BCUT2D eigenvalue weighted by Gasteiger charge is -2.21. The Hall–Kier alpha value is -2.01. The fourth-order valence-electron chi connectivity index (χ4n) is 2.04. The molecule has 0 aliphatic heterocycles. The summed E-state index contributed by atoms with van der Waals surface area (Å²) in [6.45, 7) is 1.91. The van der Waals surface area contributed by atoms with Gasteiger partial charge in [0, 0.05) is 30.4 Å². The first kappa shape index (κ1) is 15.4. The molecule has 2 rings (SSSR count). The molecular formula is C16H18N2O2S. The SMILES string of the molecule is COc1ccc(SC)c(N(C)C(=O)c2cnccc2C)c1. The van der Waals surface area contributed by atoms with E-state index in [9.17, 15) is 4.79 Å². The number of anilines is 1. The molecule has 21 heavy (non-hydrogen) atoms. The number of benzene rings is 1. The van der Waals surface area contributed by atoms with Gasteiger partial charge in [0.25, 0.3) is 5.91 Å². The van der Waals surface area contributed by atoms with Gasteiger partial charge in [-0.05, 0) is 36.9 Å². The molecule has 0 aliphatic rings. The summed E-state index contributed by atoms with van der Waals surface area (Å²) < 4.78 is 5.25. The first-order valence-corrected chi connectivity index (χ1v) is 7.71. The van der Waals surface area contributed by atoms with E-state index >= 15 is 0 Å². The highest BCUT2D eigenvalue weighted by Gasteiger charge is 2.18. The van der Waals surface area contributed by atoms with Crippen LogP contribution in [0.25, 0.3) is 0 Å². The smallest absolute Gasteiger partial charge is 0.259 e. The number of aromatic nitrogens is 1. The van der Waals surface area contributed by atoms with Crippen LogP contribution in [0.5, 0.6) is 5.75 Å². The summed E-state index contributed by atoms with van der Waals surface area (Å²) in [4.78, 5) is 19.4. The molecule has 0 bridgehead atoms. The first-order chi connectivity index (χ1) is 10.1. The quantitative estimate of drug-likeness (QED) is 0.812. The number of amides is 1. The molecule has 110 valence electrons. The van der Waals surface area contributed by atoms with Crippen molar-refractivity contribution in [2.24, 2.45) is 0 Å². The predicted octanol–water partition coefficient (Wildman–Crippen LogP) is 3.40. The van der Waals surface area contributed by atoms with Crippen molar-refractivity contribution in [2.45, 2.75) is 11.8 Å². The van der Waals surface area contributed by atoms with Gasteiger partial charge in [-0.1, -0.05) is 0 Å². The van der Waals surface area contributed by atoms with Gasteiger partial charge >= 0.3 is 0 Å². The number of carbonyl (C=O) groups excluding carboxylic acids is 1. The molecule has 0 saturated carbocycles. The number of aryl methyl sites for hydroxylation is 1. The molecule has 1 amide bonds. The van der Waals surface area contributed by atoms with Gasteiger partial charge in [-0.25, -0.2) is 0 Å². The number of hydrogen-bond donors (Lipinski definition) is 0. The number of pyridine rings is 1. The van der Waals surface area contributed by atoms with Gasteiger partial charge in [0.2, 0.25) is 0 Å². The summed E-state index contributed by atoms with van der Waals surface area (Å²) in [6, 6.07) is 7.55. The molecule has 1 aromatic heterocycles. The van der Waals surface area contributed by atoms with Gasteiger partial charge in [-0.15, -0.1) is 11.8 Å². The van der Waals surface area contributed by atoms with Gasteiger partial charge in [0.15, 0.2) is 0 Å². The van der Waals surface area contributed by atoms with Crippen LogP contribution in [0.1, 0.15) is 15.9 Å². The molecule has 0 unspecified atom stereocenters. The van der Waals surface area contributed by atoms with Crippen molar-refractivity contribution in [1.82, 2.24) is 4.98 Å². The maximum atomic E-state index is 12.7. The van der Waals surface area contributed by atoms with Crippen LogP contribution in [-0.4, -0.2) is 31.3 Å². The number of hydrogen-bond acceptors (Lipinski definition) is 4. The van der Waals surface area contributed by atoms with Crippen LogP contribution in [0.2, 0.25) is 0 Å². The Kier molecular flexibility index (Phi) is 4.85. The minimum atomic E-state index is -0.0795. The maximum Gasteiger partial charge on any atom is 0.259 e. The molecule has 1 aromatic carbocycles. The zero-order valence-corrected chi connectivity index (χ0v) is 13.4. The van der Waals surface area contributed by atoms with Crippen molar-refractivity contribution in [3.8, 4) is 5.75 Å². The van der Waals surface area contributed by atoms with E-state index in [1.54, 1.807) is 43.2 Å². The summed E-state index contributed by atoms with van der Waals surface area (Å²) in [5.41, 5.74) is 2.35. The fourth-order valence-corrected chi connectivity index (χ4v) is 2.65. The van der Waals surface area contributed by atoms with Gasteiger partial charge in [0.05, 0.1) is 18.4 Å². The number of rotatable bonds is 4. The third-order valence-corrected chi connectivity index (χ3v) is 4.11. The number of ether oxygens (including phenoxy) is 1. The van der Waals surface area contributed by atoms with Crippen LogP contribution in [0.4, 0.5) is 5.69 Å². The molecule has 1 heterocycles. The van der Waals surface area contributed by atoms with Crippen LogP contribution in [-0.2, 0) is 0 Å². The zero-order valence-electron chi connectivity index (χ0n) is 12.6. The summed E-state index contributed by atoms with van der Waals surface area (Å²) >= 11 is 1.59. The lowest BCUT2D eigenvalue weighted by atomic mass is 10.1. The van der Waals surface area contributed by atoms with E-state index < -0.39 is 0 Å². The first-order valence-electron chi connectivity index (χ1n) is 6.49. The van der Waals surface area contributed by atoms with Crippen LogP contribution < -0.4 is 9.64 Å². The van der Waals surface area contributed by atoms with Crippen molar-refractivity contribution in [1.29, 1.82) is 0 Å². The van der Waals surface area contributed by atoms with Crippen molar-refractivity contribution >= 4 is 23.4 Å². The van der Waals surface area contributed by atoms with Crippen LogP contribution in [0, 0.1) is 6.92 Å². The Morgan fingerprint density at radius 1 is 1.33 bits per heavy atom. The molecular weight excluding hydrogens is 284 g/mol. The number of nitrogens with zero attached hydrogens (tertiary/aromatic N) is 2. The molecule has 5 heteroatoms. The van der Waals surface area contributed by atoms with Crippen LogP contribution in [0.15, 0.2) is 41.6 Å². The zero-order chi connectivity index (χ0) is 15.4. The van der Waals surface area contributed by atoms with Gasteiger partial charge in [-0.2, -0.15) is 0 Å². The fraction of sp³-hybridized carbons (Fsp3) is 0.250. The van der Waals surface area contributed by atoms with Gasteiger partial charge < -0.3 is 9.64 Å². The standard InChI is InChI=1S/C16H18N2O2S/c1-11-7-8-17-10-13(11)16(19)18(2)14-9-12(20-3)5-6-15(14)21-4/h5-10H,1-4H3. The van der Waals surface area contributed by atoms with E-state index in [2.05, 4.69) is 4.98 Å². The van der Waals surface area contributed by atoms with Crippen molar-refractivity contribution in [2.75, 3.05) is 25.3 Å². The lowest BCUT2D eigenvalue weighted by molar-refractivity contribution is 0.0991. The summed E-state index contributed by atoms with van der Waals surface area (Å²) in [7, 11) is 3.38. The summed E-state index contributed by atoms with van der Waals surface area (Å²) in [5.74, 6) is 0.648. The normalized spacial score (nSPS) is 10.3. The predicted molar refractivity (Wildman–Crippen MR) is 86.5 cm³/mol. The van der Waals surface area contributed by atoms with Crippen LogP contribution in [0.3, 0.4) is 0 Å². The Balaban J connectivity index is 2.42. The average Bonchev–Trinajstić information content (AvgIpc) is 2.53. The number of methoxy groups -OCH3 is 1. The molecule has 0 fully saturated rings. The number of carbonyl (C=O) groups is 1. The second kappa shape index (κ2) is 6.63. The van der Waals surface area contributed by atoms with E-state index in [-0.39, 0.29) is 5.91 Å². The molecule has 0 atom stereocenters. The highest BCUT2D eigenvalue weighted by atomic mass is 32.2. The molecule has 0 N–H and O–H groups in total. The molecule has 2 aromatic rings. The van der Waals surface area contributed by atoms with E-state index in [1.807, 2.05) is 37.4 Å². The maximum absolute atomic E-state index is 12.7. The molecule has 0 spiro atoms. The molecule has 0 aliphatic carbocycles. The van der Waals surface area contributed by atoms with Crippen molar-refractivity contribution < 1.29 is 9.53 Å². The van der Waals surface area contributed by atoms with E-state index in [1.165, 1.54) is 0 Å². The molecule has 0 saturated heterocycles.